The average Bonchev–Trinajstić information content (AvgIpc) is 3.15. The van der Waals surface area contributed by atoms with Crippen LogP contribution in [0.3, 0.4) is 0 Å². The molecule has 0 aromatic carbocycles. The maximum Gasteiger partial charge on any atom is 0.258 e. The maximum absolute atomic E-state index is 13.0. The second-order valence-corrected chi connectivity index (χ2v) is 6.63. The van der Waals surface area contributed by atoms with Crippen molar-refractivity contribution in [2.75, 3.05) is 13.1 Å². The first-order valence-corrected chi connectivity index (χ1v) is 7.83. The normalized spacial score (nSPS) is 26.4. The van der Waals surface area contributed by atoms with Crippen molar-refractivity contribution < 1.29 is 9.32 Å². The number of aryl methyl sites for hydroxylation is 2. The van der Waals surface area contributed by atoms with Crippen molar-refractivity contribution in [1.29, 1.82) is 0 Å². The van der Waals surface area contributed by atoms with Crippen LogP contribution in [-0.4, -0.2) is 40.1 Å². The number of aromatic nitrogens is 2. The average molecular weight is 337 g/mol. The van der Waals surface area contributed by atoms with Gasteiger partial charge in [0.2, 0.25) is 0 Å². The van der Waals surface area contributed by atoms with Gasteiger partial charge >= 0.3 is 0 Å². The van der Waals surface area contributed by atoms with Gasteiger partial charge in [-0.05, 0) is 44.6 Å². The van der Waals surface area contributed by atoms with Crippen LogP contribution < -0.4 is 5.73 Å². The van der Waals surface area contributed by atoms with E-state index in [1.54, 1.807) is 0 Å². The number of hydrogen-bond donors (Lipinski definition) is 1. The van der Waals surface area contributed by atoms with E-state index in [1.807, 2.05) is 24.8 Å². The molecule has 7 heteroatoms. The zero-order valence-electron chi connectivity index (χ0n) is 13.3. The minimum atomic E-state index is 0. The van der Waals surface area contributed by atoms with Crippen LogP contribution >= 0.6 is 12.4 Å². The first-order valence-electron chi connectivity index (χ1n) is 7.83. The number of fused-ring (bicyclic) bond motifs is 2. The molecule has 2 aromatic rings. The van der Waals surface area contributed by atoms with Gasteiger partial charge < -0.3 is 15.2 Å². The van der Waals surface area contributed by atoms with E-state index in [4.69, 9.17) is 10.3 Å². The number of hydrogen-bond acceptors (Lipinski definition) is 5. The van der Waals surface area contributed by atoms with Crippen LogP contribution in [0.1, 0.15) is 34.6 Å². The Kier molecular flexibility index (Phi) is 4.06. The second-order valence-electron chi connectivity index (χ2n) is 6.63. The van der Waals surface area contributed by atoms with Crippen LogP contribution in [0.25, 0.3) is 11.1 Å². The minimum absolute atomic E-state index is 0. The first kappa shape index (κ1) is 16.2. The third-order valence-electron chi connectivity index (χ3n) is 5.18. The third-order valence-corrected chi connectivity index (χ3v) is 5.18. The van der Waals surface area contributed by atoms with Crippen molar-refractivity contribution in [2.45, 2.75) is 32.7 Å². The monoisotopic (exact) mass is 336 g/mol. The molecule has 0 bridgehead atoms. The molecule has 0 spiro atoms. The Morgan fingerprint density at radius 2 is 2.13 bits per heavy atom. The topological polar surface area (TPSA) is 85.2 Å². The van der Waals surface area contributed by atoms with Gasteiger partial charge in [-0.25, -0.2) is 4.98 Å². The van der Waals surface area contributed by atoms with Gasteiger partial charge in [-0.15, -0.1) is 12.4 Å². The standard InChI is InChI=1S/C16H20N4O2.ClH/c1-8-5-11(14-9(2)19-22-15(14)18-8)16(21)20-6-10-3-4-13(17)12(10)7-20;/h5,10,12-13H,3-4,6-7,17H2,1-2H3;1H. The molecule has 6 nitrogen and oxygen atoms in total. The summed E-state index contributed by atoms with van der Waals surface area (Å²) in [4.78, 5) is 19.2. The number of nitrogens with zero attached hydrogens (tertiary/aromatic N) is 3. The van der Waals surface area contributed by atoms with Gasteiger partial charge in [0.15, 0.2) is 0 Å². The summed E-state index contributed by atoms with van der Waals surface area (Å²) in [7, 11) is 0. The fraction of sp³-hybridized carbons (Fsp3) is 0.562. The lowest BCUT2D eigenvalue weighted by Crippen LogP contribution is -2.33. The fourth-order valence-electron chi connectivity index (χ4n) is 4.03. The summed E-state index contributed by atoms with van der Waals surface area (Å²) in [5.74, 6) is 1.05. The molecule has 3 atom stereocenters. The highest BCUT2D eigenvalue weighted by atomic mass is 35.5. The summed E-state index contributed by atoms with van der Waals surface area (Å²) in [5.41, 5.74) is 8.74. The Bertz CT molecular complexity index is 760. The molecular formula is C16H21ClN4O2. The molecule has 2 fully saturated rings. The quantitative estimate of drug-likeness (QED) is 0.861. The number of halogens is 1. The molecule has 124 valence electrons. The van der Waals surface area contributed by atoms with E-state index < -0.39 is 0 Å². The van der Waals surface area contributed by atoms with Crippen LogP contribution in [0.15, 0.2) is 10.6 Å². The molecule has 0 radical (unpaired) electrons. The molecule has 4 rings (SSSR count). The molecule has 1 saturated heterocycles. The molecule has 3 heterocycles. The number of rotatable bonds is 1. The lowest BCUT2D eigenvalue weighted by atomic mass is 9.98. The highest BCUT2D eigenvalue weighted by Gasteiger charge is 2.43. The van der Waals surface area contributed by atoms with Gasteiger partial charge in [-0.3, -0.25) is 4.79 Å². The van der Waals surface area contributed by atoms with Gasteiger partial charge in [0.05, 0.1) is 16.6 Å². The van der Waals surface area contributed by atoms with Crippen LogP contribution in [0.2, 0.25) is 0 Å². The summed E-state index contributed by atoms with van der Waals surface area (Å²) >= 11 is 0. The number of carbonyl (C=O) groups is 1. The van der Waals surface area contributed by atoms with Crippen molar-refractivity contribution in [3.05, 3.63) is 23.0 Å². The third kappa shape index (κ3) is 2.50. The van der Waals surface area contributed by atoms with Crippen molar-refractivity contribution >= 4 is 29.4 Å². The van der Waals surface area contributed by atoms with Gasteiger partial charge in [0.25, 0.3) is 11.6 Å². The van der Waals surface area contributed by atoms with Gasteiger partial charge in [0, 0.05) is 24.8 Å². The van der Waals surface area contributed by atoms with Crippen molar-refractivity contribution in [2.24, 2.45) is 17.6 Å². The smallest absolute Gasteiger partial charge is 0.258 e. The SMILES string of the molecule is Cc1cc(C(=O)N2CC3CCC(N)C3C2)c2c(C)noc2n1.Cl. The molecule has 1 aliphatic carbocycles. The summed E-state index contributed by atoms with van der Waals surface area (Å²) < 4.78 is 5.22. The van der Waals surface area contributed by atoms with Crippen molar-refractivity contribution in [3.8, 4) is 0 Å². The van der Waals surface area contributed by atoms with Crippen molar-refractivity contribution in [3.63, 3.8) is 0 Å². The van der Waals surface area contributed by atoms with E-state index in [1.165, 1.54) is 0 Å². The van der Waals surface area contributed by atoms with E-state index in [0.29, 0.717) is 28.8 Å². The summed E-state index contributed by atoms with van der Waals surface area (Å²) in [5, 5.41) is 4.68. The zero-order chi connectivity index (χ0) is 15.4. The molecule has 3 unspecified atom stereocenters. The number of nitrogens with two attached hydrogens (primary N) is 1. The van der Waals surface area contributed by atoms with Crippen molar-refractivity contribution in [1.82, 2.24) is 15.0 Å². The van der Waals surface area contributed by atoms with Crippen LogP contribution in [0, 0.1) is 25.7 Å². The van der Waals surface area contributed by atoms with Gasteiger partial charge in [0.1, 0.15) is 0 Å². The molecular weight excluding hydrogens is 316 g/mol. The van der Waals surface area contributed by atoms with E-state index in [-0.39, 0.29) is 24.4 Å². The molecule has 2 N–H and O–H groups in total. The summed E-state index contributed by atoms with van der Waals surface area (Å²) in [6.07, 6.45) is 2.22. The Morgan fingerprint density at radius 1 is 1.35 bits per heavy atom. The fourth-order valence-corrected chi connectivity index (χ4v) is 4.03. The first-order chi connectivity index (χ1) is 10.5. The van der Waals surface area contributed by atoms with E-state index >= 15 is 0 Å². The Labute approximate surface area is 140 Å². The number of pyridine rings is 1. The molecule has 1 saturated carbocycles. The zero-order valence-corrected chi connectivity index (χ0v) is 14.1. The maximum atomic E-state index is 13.0. The Hall–Kier alpha value is -1.66. The van der Waals surface area contributed by atoms with Crippen LogP contribution in [0.4, 0.5) is 0 Å². The Balaban J connectivity index is 0.00000156. The van der Waals surface area contributed by atoms with Crippen LogP contribution in [-0.2, 0) is 0 Å². The number of carbonyl (C=O) groups excluding carboxylic acids is 1. The largest absolute Gasteiger partial charge is 0.338 e. The lowest BCUT2D eigenvalue weighted by molar-refractivity contribution is 0.0781. The second kappa shape index (κ2) is 5.76. The highest BCUT2D eigenvalue weighted by Crippen LogP contribution is 2.38. The van der Waals surface area contributed by atoms with Gasteiger partial charge in [-0.2, -0.15) is 0 Å². The molecule has 23 heavy (non-hydrogen) atoms. The molecule has 2 aliphatic rings. The minimum Gasteiger partial charge on any atom is -0.338 e. The predicted octanol–water partition coefficient (Wildman–Crippen LogP) is 2.07. The van der Waals surface area contributed by atoms with Gasteiger partial charge in [-0.1, -0.05) is 5.16 Å². The summed E-state index contributed by atoms with van der Waals surface area (Å²) in [6, 6.07) is 2.07. The molecule has 1 aliphatic heterocycles. The van der Waals surface area contributed by atoms with Crippen LogP contribution in [0.5, 0.6) is 0 Å². The number of likely N-dealkylation sites (tertiary alicyclic amines) is 1. The highest BCUT2D eigenvalue weighted by molar-refractivity contribution is 6.06. The molecule has 1 amide bonds. The lowest BCUT2D eigenvalue weighted by Gasteiger charge is -2.19. The van der Waals surface area contributed by atoms with E-state index in [9.17, 15) is 4.79 Å². The van der Waals surface area contributed by atoms with E-state index in [2.05, 4.69) is 10.1 Å². The predicted molar refractivity (Wildman–Crippen MR) is 88.6 cm³/mol. The van der Waals surface area contributed by atoms with E-state index in [0.717, 1.165) is 37.0 Å². The molecule has 2 aromatic heterocycles. The summed E-state index contributed by atoms with van der Waals surface area (Å²) in [6.45, 7) is 5.28. The Morgan fingerprint density at radius 3 is 2.87 bits per heavy atom. The number of amides is 1.